The summed E-state index contributed by atoms with van der Waals surface area (Å²) in [4.78, 5) is 21.9. The van der Waals surface area contributed by atoms with Crippen molar-refractivity contribution >= 4 is 11.9 Å². The van der Waals surface area contributed by atoms with Gasteiger partial charge in [-0.3, -0.25) is 0 Å². The van der Waals surface area contributed by atoms with Crippen molar-refractivity contribution in [2.24, 2.45) is 0 Å². The first-order valence-electron chi connectivity index (χ1n) is 14.7. The van der Waals surface area contributed by atoms with Gasteiger partial charge in [0.1, 0.15) is 6.10 Å². The van der Waals surface area contributed by atoms with Gasteiger partial charge in [-0.2, -0.15) is 0 Å². The molecule has 0 heterocycles. The summed E-state index contributed by atoms with van der Waals surface area (Å²) < 4.78 is 10.2. The number of hydrogen-bond acceptors (Lipinski definition) is 4. The molecule has 0 radical (unpaired) electrons. The molecular formula is C31H56O4. The van der Waals surface area contributed by atoms with Crippen molar-refractivity contribution in [1.82, 2.24) is 0 Å². The van der Waals surface area contributed by atoms with E-state index in [-0.39, 0.29) is 18.0 Å². The molecule has 0 spiro atoms. The van der Waals surface area contributed by atoms with E-state index in [9.17, 15) is 9.59 Å². The van der Waals surface area contributed by atoms with Crippen molar-refractivity contribution in [3.63, 3.8) is 0 Å². The van der Waals surface area contributed by atoms with Crippen molar-refractivity contribution in [3.05, 3.63) is 24.8 Å². The van der Waals surface area contributed by atoms with Crippen LogP contribution in [-0.2, 0) is 19.1 Å². The van der Waals surface area contributed by atoms with Gasteiger partial charge in [0.2, 0.25) is 0 Å². The average Bonchev–Trinajstić information content (AvgIpc) is 2.86. The van der Waals surface area contributed by atoms with Gasteiger partial charge in [0.25, 0.3) is 0 Å². The summed E-state index contributed by atoms with van der Waals surface area (Å²) in [6, 6.07) is 0. The van der Waals surface area contributed by atoms with Gasteiger partial charge < -0.3 is 9.47 Å². The molecule has 0 amide bonds. The molecule has 0 saturated heterocycles. The smallest absolute Gasteiger partial charge is 0.333 e. The molecule has 0 aromatic rings. The molecule has 0 aromatic carbocycles. The number of esters is 2. The molecule has 4 heteroatoms. The predicted octanol–water partition coefficient (Wildman–Crippen LogP) is 9.42. The zero-order valence-electron chi connectivity index (χ0n) is 23.3. The first-order chi connectivity index (χ1) is 17.0. The quantitative estimate of drug-likeness (QED) is 0.0964. The maximum absolute atomic E-state index is 11.1. The zero-order valence-corrected chi connectivity index (χ0v) is 23.3. The first-order valence-corrected chi connectivity index (χ1v) is 14.7. The van der Waals surface area contributed by atoms with Gasteiger partial charge in [0, 0.05) is 11.6 Å². The minimum atomic E-state index is -0.300. The SMILES string of the molecule is C=C(C)C(=O)OC1CCCCC1.C=CC(=O)OCCCCCCCCCCCCCCCCCC. The number of carbonyl (C=O) groups is 2. The van der Waals surface area contributed by atoms with Crippen LogP contribution in [0, 0.1) is 0 Å². The molecule has 0 aliphatic heterocycles. The summed E-state index contributed by atoms with van der Waals surface area (Å²) in [5.41, 5.74) is 0.501. The first kappa shape index (κ1) is 33.4. The number of unbranched alkanes of at least 4 members (excludes halogenated alkanes) is 15. The van der Waals surface area contributed by atoms with Crippen molar-refractivity contribution in [2.45, 2.75) is 155 Å². The zero-order chi connectivity index (χ0) is 26.0. The molecule has 1 saturated carbocycles. The van der Waals surface area contributed by atoms with Gasteiger partial charge in [-0.15, -0.1) is 0 Å². The molecule has 1 rings (SSSR count). The number of carbonyl (C=O) groups excluding carboxylic acids is 2. The minimum Gasteiger partial charge on any atom is -0.463 e. The molecular weight excluding hydrogens is 436 g/mol. The lowest BCUT2D eigenvalue weighted by Gasteiger charge is -2.21. The van der Waals surface area contributed by atoms with E-state index in [2.05, 4.69) is 20.1 Å². The lowest BCUT2D eigenvalue weighted by molar-refractivity contribution is -0.145. The van der Waals surface area contributed by atoms with Gasteiger partial charge in [-0.1, -0.05) is 123 Å². The molecule has 1 aliphatic carbocycles. The monoisotopic (exact) mass is 492 g/mol. The summed E-state index contributed by atoms with van der Waals surface area (Å²) in [5, 5.41) is 0. The molecule has 0 aromatic heterocycles. The summed E-state index contributed by atoms with van der Waals surface area (Å²) in [6.45, 7) is 11.4. The van der Waals surface area contributed by atoms with Crippen LogP contribution in [0.5, 0.6) is 0 Å². The molecule has 0 unspecified atom stereocenters. The third-order valence-electron chi connectivity index (χ3n) is 6.58. The molecule has 0 atom stereocenters. The van der Waals surface area contributed by atoms with E-state index < -0.39 is 0 Å². The fourth-order valence-corrected chi connectivity index (χ4v) is 4.32. The summed E-state index contributed by atoms with van der Waals surface area (Å²) >= 11 is 0. The Hall–Kier alpha value is -1.58. The molecule has 204 valence electrons. The molecule has 0 bridgehead atoms. The van der Waals surface area contributed by atoms with Crippen molar-refractivity contribution in [1.29, 1.82) is 0 Å². The summed E-state index contributed by atoms with van der Waals surface area (Å²) in [6.07, 6.45) is 28.8. The van der Waals surface area contributed by atoms with Crippen LogP contribution in [-0.4, -0.2) is 24.6 Å². The van der Waals surface area contributed by atoms with Gasteiger partial charge in [0.05, 0.1) is 6.61 Å². The fourth-order valence-electron chi connectivity index (χ4n) is 4.32. The number of hydrogen-bond donors (Lipinski definition) is 0. The Morgan fingerprint density at radius 3 is 1.57 bits per heavy atom. The number of rotatable bonds is 20. The summed E-state index contributed by atoms with van der Waals surface area (Å²) in [5.74, 6) is -0.534. The van der Waals surface area contributed by atoms with Crippen molar-refractivity contribution in [2.75, 3.05) is 6.61 Å². The highest BCUT2D eigenvalue weighted by Gasteiger charge is 2.17. The Balaban J connectivity index is 0.000000801. The van der Waals surface area contributed by atoms with E-state index in [0.29, 0.717) is 12.2 Å². The topological polar surface area (TPSA) is 52.6 Å². The van der Waals surface area contributed by atoms with Crippen LogP contribution in [0.4, 0.5) is 0 Å². The summed E-state index contributed by atoms with van der Waals surface area (Å²) in [7, 11) is 0. The van der Waals surface area contributed by atoms with E-state index in [1.807, 2.05) is 0 Å². The Bertz CT molecular complexity index is 534. The van der Waals surface area contributed by atoms with E-state index in [4.69, 9.17) is 9.47 Å². The van der Waals surface area contributed by atoms with Crippen LogP contribution in [0.1, 0.15) is 149 Å². The average molecular weight is 493 g/mol. The van der Waals surface area contributed by atoms with Crippen LogP contribution < -0.4 is 0 Å². The second-order valence-electron chi connectivity index (χ2n) is 10.1. The Labute approximate surface area is 217 Å². The van der Waals surface area contributed by atoms with Gasteiger partial charge in [0.15, 0.2) is 0 Å². The largest absolute Gasteiger partial charge is 0.463 e. The van der Waals surface area contributed by atoms with Crippen LogP contribution >= 0.6 is 0 Å². The lowest BCUT2D eigenvalue weighted by Crippen LogP contribution is -2.20. The van der Waals surface area contributed by atoms with E-state index >= 15 is 0 Å². The maximum Gasteiger partial charge on any atom is 0.333 e. The van der Waals surface area contributed by atoms with Crippen LogP contribution in [0.2, 0.25) is 0 Å². The second-order valence-corrected chi connectivity index (χ2v) is 10.1. The highest BCUT2D eigenvalue weighted by molar-refractivity contribution is 5.87. The third-order valence-corrected chi connectivity index (χ3v) is 6.58. The van der Waals surface area contributed by atoms with E-state index in [1.165, 1.54) is 122 Å². The van der Waals surface area contributed by atoms with E-state index in [0.717, 1.165) is 19.3 Å². The van der Waals surface area contributed by atoms with Gasteiger partial charge in [-0.05, 0) is 39.0 Å². The standard InChI is InChI=1S/C21H40O2.C10H16O2/c1-3-5-6-7-8-9-10-11-12-13-14-15-16-17-18-19-20-23-21(22)4-2;1-8(2)10(11)12-9-6-4-3-5-7-9/h4H,2-3,5-20H2,1H3;9H,1,3-7H2,2H3. The molecule has 0 N–H and O–H groups in total. The van der Waals surface area contributed by atoms with Gasteiger partial charge in [-0.25, -0.2) is 9.59 Å². The third kappa shape index (κ3) is 23.9. The normalized spacial score (nSPS) is 13.4. The Morgan fingerprint density at radius 2 is 1.17 bits per heavy atom. The van der Waals surface area contributed by atoms with Crippen molar-refractivity contribution in [3.8, 4) is 0 Å². The molecule has 35 heavy (non-hydrogen) atoms. The second kappa shape index (κ2) is 25.5. The van der Waals surface area contributed by atoms with E-state index in [1.54, 1.807) is 6.92 Å². The minimum absolute atomic E-state index is 0.156. The van der Waals surface area contributed by atoms with Crippen molar-refractivity contribution < 1.29 is 19.1 Å². The fraction of sp³-hybridized carbons (Fsp3) is 0.806. The Kier molecular flexibility index (Phi) is 24.4. The van der Waals surface area contributed by atoms with Gasteiger partial charge >= 0.3 is 11.9 Å². The lowest BCUT2D eigenvalue weighted by atomic mass is 9.98. The number of ether oxygens (including phenoxy) is 2. The highest BCUT2D eigenvalue weighted by atomic mass is 16.5. The Morgan fingerprint density at radius 1 is 0.743 bits per heavy atom. The van der Waals surface area contributed by atoms with Crippen LogP contribution in [0.15, 0.2) is 24.8 Å². The molecule has 4 nitrogen and oxygen atoms in total. The predicted molar refractivity (Wildman–Crippen MR) is 148 cm³/mol. The maximum atomic E-state index is 11.1. The van der Waals surface area contributed by atoms with Crippen LogP contribution in [0.25, 0.3) is 0 Å². The molecule has 1 aliphatic rings. The molecule has 1 fully saturated rings. The van der Waals surface area contributed by atoms with Crippen LogP contribution in [0.3, 0.4) is 0 Å². The highest BCUT2D eigenvalue weighted by Crippen LogP contribution is 2.21.